The Kier molecular flexibility index (Phi) is 54.6. The highest BCUT2D eigenvalue weighted by Crippen LogP contribution is 2.43. The van der Waals surface area contributed by atoms with Crippen LogP contribution >= 0.6 is 7.82 Å². The average molecular weight is 1010 g/mol. The number of unbranched alkanes of at least 4 members (excludes halogenated alkanes) is 35. The van der Waals surface area contributed by atoms with Crippen LogP contribution in [0.4, 0.5) is 0 Å². The van der Waals surface area contributed by atoms with Crippen LogP contribution < -0.4 is 5.73 Å². The molecule has 0 saturated carbocycles. The number of carbonyl (C=O) groups excluding carboxylic acids is 2. The Morgan fingerprint density at radius 3 is 1.17 bits per heavy atom. The number of rotatable bonds is 56. The molecule has 10 heteroatoms. The first-order valence-corrected chi connectivity index (χ1v) is 31.1. The number of ether oxygens (including phenoxy) is 2. The monoisotopic (exact) mass is 1010 g/mol. The topological polar surface area (TPSA) is 134 Å². The molecule has 410 valence electrons. The maximum absolute atomic E-state index is 12.7. The van der Waals surface area contributed by atoms with E-state index in [0.717, 1.165) is 57.8 Å². The highest BCUT2D eigenvalue weighted by molar-refractivity contribution is 7.47. The molecule has 0 amide bonds. The van der Waals surface area contributed by atoms with Gasteiger partial charge in [-0.05, 0) is 51.4 Å². The van der Waals surface area contributed by atoms with Gasteiger partial charge in [0.1, 0.15) is 6.61 Å². The molecule has 2 unspecified atom stereocenters. The van der Waals surface area contributed by atoms with Crippen LogP contribution in [0.25, 0.3) is 0 Å². The summed E-state index contributed by atoms with van der Waals surface area (Å²) in [5.74, 6) is -0.813. The maximum atomic E-state index is 12.7. The predicted octanol–water partition coefficient (Wildman–Crippen LogP) is 18.6. The van der Waals surface area contributed by atoms with Gasteiger partial charge in [0.05, 0.1) is 13.2 Å². The van der Waals surface area contributed by atoms with Gasteiger partial charge in [0.2, 0.25) is 0 Å². The van der Waals surface area contributed by atoms with Gasteiger partial charge >= 0.3 is 19.8 Å². The number of carbonyl (C=O) groups is 2. The lowest BCUT2D eigenvalue weighted by Gasteiger charge is -2.19. The molecule has 0 aromatic rings. The van der Waals surface area contributed by atoms with E-state index in [0.29, 0.717) is 6.42 Å². The number of phosphoric acid groups is 1. The molecular formula is C60H112NO8P. The van der Waals surface area contributed by atoms with E-state index >= 15 is 0 Å². The van der Waals surface area contributed by atoms with Gasteiger partial charge in [-0.25, -0.2) is 4.57 Å². The lowest BCUT2D eigenvalue weighted by atomic mass is 10.0. The quantitative estimate of drug-likeness (QED) is 0.0264. The second-order valence-electron chi connectivity index (χ2n) is 19.8. The minimum atomic E-state index is -4.38. The van der Waals surface area contributed by atoms with Crippen molar-refractivity contribution >= 4 is 19.8 Å². The van der Waals surface area contributed by atoms with Crippen molar-refractivity contribution in [3.63, 3.8) is 0 Å². The number of esters is 2. The molecule has 0 aliphatic rings. The van der Waals surface area contributed by atoms with Crippen molar-refractivity contribution in [1.82, 2.24) is 0 Å². The zero-order valence-electron chi connectivity index (χ0n) is 45.8. The van der Waals surface area contributed by atoms with Crippen LogP contribution in [0, 0.1) is 0 Å². The third-order valence-electron chi connectivity index (χ3n) is 13.0. The molecule has 0 aromatic carbocycles. The van der Waals surface area contributed by atoms with Crippen LogP contribution in [0.1, 0.15) is 290 Å². The lowest BCUT2D eigenvalue weighted by molar-refractivity contribution is -0.161. The molecule has 0 heterocycles. The zero-order chi connectivity index (χ0) is 51.0. The van der Waals surface area contributed by atoms with Crippen molar-refractivity contribution < 1.29 is 37.6 Å². The number of hydrogen-bond donors (Lipinski definition) is 2. The zero-order valence-corrected chi connectivity index (χ0v) is 46.7. The molecule has 0 aliphatic carbocycles. The number of phosphoric ester groups is 1. The largest absolute Gasteiger partial charge is 0.472 e. The molecule has 0 spiro atoms. The van der Waals surface area contributed by atoms with Gasteiger partial charge in [0, 0.05) is 19.4 Å². The van der Waals surface area contributed by atoms with Gasteiger partial charge in [-0.3, -0.25) is 18.6 Å². The normalized spacial score (nSPS) is 13.4. The second kappa shape index (κ2) is 56.3. The van der Waals surface area contributed by atoms with Gasteiger partial charge < -0.3 is 20.1 Å². The van der Waals surface area contributed by atoms with Crippen LogP contribution in [0.5, 0.6) is 0 Å². The van der Waals surface area contributed by atoms with E-state index in [2.05, 4.69) is 62.5 Å². The smallest absolute Gasteiger partial charge is 0.462 e. The van der Waals surface area contributed by atoms with E-state index in [1.54, 1.807) is 0 Å². The summed E-state index contributed by atoms with van der Waals surface area (Å²) in [6.07, 6.45) is 69.1. The first-order chi connectivity index (χ1) is 34.3. The molecular weight excluding hydrogens is 894 g/mol. The third kappa shape index (κ3) is 55.3. The molecule has 2 atom stereocenters. The number of nitrogens with two attached hydrogens (primary N) is 1. The van der Waals surface area contributed by atoms with Gasteiger partial charge in [0.15, 0.2) is 6.10 Å². The number of allylic oxidation sites excluding steroid dienone is 8. The molecule has 3 N–H and O–H groups in total. The highest BCUT2D eigenvalue weighted by Gasteiger charge is 2.26. The Hall–Kier alpha value is -2.03. The van der Waals surface area contributed by atoms with Gasteiger partial charge in [-0.1, -0.05) is 274 Å². The molecule has 0 bridgehead atoms. The Morgan fingerprint density at radius 2 is 0.786 bits per heavy atom. The van der Waals surface area contributed by atoms with Crippen LogP contribution in [-0.2, 0) is 32.7 Å². The van der Waals surface area contributed by atoms with E-state index in [1.165, 1.54) is 199 Å². The summed E-state index contributed by atoms with van der Waals surface area (Å²) in [5, 5.41) is 0. The van der Waals surface area contributed by atoms with Crippen molar-refractivity contribution in [1.29, 1.82) is 0 Å². The molecule has 70 heavy (non-hydrogen) atoms. The summed E-state index contributed by atoms with van der Waals surface area (Å²) in [6.45, 7) is 3.66. The summed E-state index contributed by atoms with van der Waals surface area (Å²) in [5.41, 5.74) is 5.37. The number of hydrogen-bond acceptors (Lipinski definition) is 8. The summed E-state index contributed by atoms with van der Waals surface area (Å²) in [4.78, 5) is 35.0. The SMILES string of the molecule is CC/C=C\C/C=C\C/C=C\C/C=C\CCCCCCCCCCCCCCCCCCCCCCCCCCC(=O)OC(COC(=O)CCCCCCCCCCCCCC)COP(=O)(O)OCCN. The first kappa shape index (κ1) is 68.0. The van der Waals surface area contributed by atoms with Gasteiger partial charge in [-0.2, -0.15) is 0 Å². The summed E-state index contributed by atoms with van der Waals surface area (Å²) in [7, 11) is -4.38. The minimum Gasteiger partial charge on any atom is -0.462 e. The predicted molar refractivity (Wildman–Crippen MR) is 298 cm³/mol. The molecule has 0 radical (unpaired) electrons. The summed E-state index contributed by atoms with van der Waals surface area (Å²) >= 11 is 0. The highest BCUT2D eigenvalue weighted by atomic mass is 31.2. The maximum Gasteiger partial charge on any atom is 0.472 e. The fraction of sp³-hybridized carbons (Fsp3) is 0.833. The van der Waals surface area contributed by atoms with Crippen molar-refractivity contribution in [2.24, 2.45) is 5.73 Å². The van der Waals surface area contributed by atoms with E-state index in [-0.39, 0.29) is 38.6 Å². The van der Waals surface area contributed by atoms with Crippen molar-refractivity contribution in [3.8, 4) is 0 Å². The molecule has 0 saturated heterocycles. The van der Waals surface area contributed by atoms with E-state index < -0.39 is 26.5 Å². The summed E-state index contributed by atoms with van der Waals surface area (Å²) in [6, 6.07) is 0. The fourth-order valence-corrected chi connectivity index (χ4v) is 9.40. The first-order valence-electron chi connectivity index (χ1n) is 29.6. The Balaban J connectivity index is 3.76. The molecule has 0 aromatic heterocycles. The second-order valence-corrected chi connectivity index (χ2v) is 21.3. The van der Waals surface area contributed by atoms with Gasteiger partial charge in [0.25, 0.3) is 0 Å². The van der Waals surface area contributed by atoms with Crippen LogP contribution in [0.15, 0.2) is 48.6 Å². The third-order valence-corrected chi connectivity index (χ3v) is 14.0. The van der Waals surface area contributed by atoms with E-state index in [1.807, 2.05) is 0 Å². The van der Waals surface area contributed by atoms with Crippen LogP contribution in [0.2, 0.25) is 0 Å². The molecule has 9 nitrogen and oxygen atoms in total. The summed E-state index contributed by atoms with van der Waals surface area (Å²) < 4.78 is 33.0. The molecule has 0 fully saturated rings. The van der Waals surface area contributed by atoms with Crippen LogP contribution in [-0.4, -0.2) is 49.3 Å². The Bertz CT molecular complexity index is 1280. The standard InChI is InChI=1S/C60H112NO8P/c1-3-5-7-9-11-13-15-17-18-19-20-21-22-23-24-25-26-27-28-29-30-31-32-33-34-35-36-37-38-39-40-41-43-45-47-49-51-53-60(63)69-58(57-68-70(64,65)67-55-54-61)56-66-59(62)52-50-48-46-44-42-16-14-12-10-8-6-4-2/h5,7,11,13,17-18,20-21,58H,3-4,6,8-10,12,14-16,19,22-57,61H2,1-2H3,(H,64,65)/b7-5-,13-11-,18-17-,21-20-. The van der Waals surface area contributed by atoms with E-state index in [9.17, 15) is 19.0 Å². The lowest BCUT2D eigenvalue weighted by Crippen LogP contribution is -2.29. The van der Waals surface area contributed by atoms with Crippen molar-refractivity contribution in [2.45, 2.75) is 296 Å². The van der Waals surface area contributed by atoms with Gasteiger partial charge in [-0.15, -0.1) is 0 Å². The van der Waals surface area contributed by atoms with Crippen LogP contribution in [0.3, 0.4) is 0 Å². The Morgan fingerprint density at radius 1 is 0.443 bits per heavy atom. The van der Waals surface area contributed by atoms with E-state index in [4.69, 9.17) is 24.3 Å². The molecule has 0 aliphatic heterocycles. The minimum absolute atomic E-state index is 0.0559. The Labute approximate surface area is 432 Å². The molecule has 0 rings (SSSR count). The van der Waals surface area contributed by atoms with Crippen molar-refractivity contribution in [3.05, 3.63) is 48.6 Å². The van der Waals surface area contributed by atoms with Crippen molar-refractivity contribution in [2.75, 3.05) is 26.4 Å². The average Bonchev–Trinajstić information content (AvgIpc) is 3.35. The fourth-order valence-electron chi connectivity index (χ4n) is 8.63.